The number of hydrogen-bond donors (Lipinski definition) is 0. The molecule has 4 aromatic carbocycles. The third kappa shape index (κ3) is 73.9. The Morgan fingerprint density at radius 1 is 0.552 bits per heavy atom. The lowest BCUT2D eigenvalue weighted by molar-refractivity contribution is -0.384. The van der Waals surface area contributed by atoms with Crippen molar-refractivity contribution in [3.05, 3.63) is 149 Å². The molecule has 4 aromatic rings. The summed E-state index contributed by atoms with van der Waals surface area (Å²) in [6.45, 7) is 65.2. The molecule has 0 aliphatic carbocycles. The molecule has 1 aliphatic rings. The van der Waals surface area contributed by atoms with Gasteiger partial charge >= 0.3 is 45.5 Å². The molecular weight excluding hydrogens is 1860 g/mol. The van der Waals surface area contributed by atoms with Crippen molar-refractivity contribution in [2.75, 3.05) is 138 Å². The molecule has 134 heavy (non-hydrogen) atoms. The third-order valence-electron chi connectivity index (χ3n) is 20.0. The second-order valence-corrected chi connectivity index (χ2v) is 62.8. The average molecular weight is 2040 g/mol. The summed E-state index contributed by atoms with van der Waals surface area (Å²) >= 11 is 1.80. The molecule has 0 spiro atoms. The van der Waals surface area contributed by atoms with Gasteiger partial charge in [0.05, 0.1) is 89.4 Å². The molecule has 1 atom stereocenters. The van der Waals surface area contributed by atoms with E-state index in [2.05, 4.69) is 243 Å². The number of thioether (sulfide) groups is 1. The predicted molar refractivity (Wildman–Crippen MR) is 556 cm³/mol. The van der Waals surface area contributed by atoms with E-state index in [1.807, 2.05) is 76.0 Å². The number of alkyl halides is 3. The van der Waals surface area contributed by atoms with Gasteiger partial charge in [0.25, 0.3) is 14.0 Å². The Bertz CT molecular complexity index is 3600. The van der Waals surface area contributed by atoms with E-state index in [0.29, 0.717) is 40.9 Å². The summed E-state index contributed by atoms with van der Waals surface area (Å²) in [7, 11) is 10.3. The summed E-state index contributed by atoms with van der Waals surface area (Å²) in [5.74, 6) is -0.492. The minimum Gasteiger partial charge on any atom is -0.469 e. The molecule has 1 fully saturated rings. The summed E-state index contributed by atoms with van der Waals surface area (Å²) in [5.41, 5.74) is -2.84. The minimum atomic E-state index is -5.34. The van der Waals surface area contributed by atoms with Gasteiger partial charge < -0.3 is 74.3 Å². The number of rotatable bonds is 26. The van der Waals surface area contributed by atoms with E-state index in [1.54, 1.807) is 77.7 Å². The van der Waals surface area contributed by atoms with Crippen molar-refractivity contribution in [3.8, 4) is 0 Å². The molecule has 0 saturated carbocycles. The van der Waals surface area contributed by atoms with E-state index in [0.717, 1.165) is 25.4 Å². The Labute approximate surface area is 818 Å². The highest BCUT2D eigenvalue weighted by molar-refractivity contribution is 7.98. The fraction of sp³-hybridized carbons (Fsp3) is 0.670. The maximum atomic E-state index is 11.1. The van der Waals surface area contributed by atoms with Crippen LogP contribution < -0.4 is 10.4 Å². The molecule has 0 radical (unpaired) electrons. The summed E-state index contributed by atoms with van der Waals surface area (Å²) < 4.78 is 130. The number of nitro groups is 1. The van der Waals surface area contributed by atoms with E-state index in [1.165, 1.54) is 115 Å². The second kappa shape index (κ2) is 81.6. The van der Waals surface area contributed by atoms with E-state index in [-0.39, 0.29) is 76.1 Å². The van der Waals surface area contributed by atoms with Crippen LogP contribution in [0.15, 0.2) is 128 Å². The smallest absolute Gasteiger partial charge is 0.469 e. The monoisotopic (exact) mass is 2040 g/mol. The highest BCUT2D eigenvalue weighted by atomic mass is 32.2. The molecular formula is C97H182F3NO26S2Si5. The fourth-order valence-corrected chi connectivity index (χ4v) is 24.0. The Kier molecular flexibility index (Phi) is 90.2. The zero-order valence-electron chi connectivity index (χ0n) is 90.6. The summed E-state index contributed by atoms with van der Waals surface area (Å²) in [5, 5.41) is 13.4. The van der Waals surface area contributed by atoms with Crippen molar-refractivity contribution >= 4 is 115 Å². The quantitative estimate of drug-likeness (QED) is 0.00648. The van der Waals surface area contributed by atoms with Gasteiger partial charge in [0.15, 0.2) is 39.6 Å². The van der Waals surface area contributed by atoms with Gasteiger partial charge in [-0.05, 0) is 180 Å². The van der Waals surface area contributed by atoms with Gasteiger partial charge in [-0.25, -0.2) is 9.59 Å². The Hall–Kier alpha value is -6.23. The van der Waals surface area contributed by atoms with Gasteiger partial charge in [-0.15, -0.1) is 6.58 Å². The van der Waals surface area contributed by atoms with Crippen LogP contribution in [0.5, 0.6) is 0 Å². The summed E-state index contributed by atoms with van der Waals surface area (Å²) in [4.78, 5) is 72.3. The van der Waals surface area contributed by atoms with E-state index in [4.69, 9.17) is 41.1 Å². The van der Waals surface area contributed by atoms with Crippen LogP contribution in [0.3, 0.4) is 0 Å². The molecule has 0 N–H and O–H groups in total. The molecule has 37 heteroatoms. The molecule has 27 nitrogen and oxygen atoms in total. The lowest BCUT2D eigenvalue weighted by atomic mass is 9.98. The fourth-order valence-electron chi connectivity index (χ4n) is 10.6. The normalized spacial score (nSPS) is 12.3. The van der Waals surface area contributed by atoms with Gasteiger partial charge in [-0.3, -0.25) is 28.7 Å². The number of hydrogen-bond acceptors (Lipinski definition) is 27. The standard InChI is InChI=1S/C17H22OSi.C10H24OSi.C8H7NO4.C8H8O2.2C7H18OSi.C6H10O3.2C6H12O2.C5H12O.C4H10OS.C4H12OSi.C4H8O.C3H6O2.C2H3F3O3S/c1-17(2,3)19(18-4,15-11-7-5-8-12-15)16-13-9-6-10-14-16;1-8(2)12(11-7,9(3)4)10(5)6;1-13-8(10)6-3-2-4-7(5-6)9(11)12;1-10-8(9)7-5-3-2-4-6-7;1-7(2,3)9(5,6)8-4;1-5-9(6-2,7-3)8-4;1-5(7)3-4-6(8)9-2;1-7-6-4-2-3-5-8-6;1-6(2,3)5(7)8-4;1-5(2,3)6-4;1-5-3-4-6-2;1-5-6(2,3)4;1-3-4-5-2;1-3(4)5-2;1-8-9(6,7)2(3,4)5/h5-14H,1-4H3;8-10H,1-7H3;2-5H,1H3;2-6H,1H3;1-6H3;5-7H2,1-4H3;3-4H2,1-2H3;6H,2-5H2,1H3;1-4H3;1-4H3;3-4H2,1-2H3;1-4H3;3H,1,4H2,2H3;1-2H3;1H3. The number of methoxy groups -OCH3 is 9. The first kappa shape index (κ1) is 148. The molecule has 0 bridgehead atoms. The number of ketones is 1. The maximum Gasteiger partial charge on any atom is 0.523 e. The number of halogens is 3. The molecule has 1 aliphatic heterocycles. The van der Waals surface area contributed by atoms with Crippen molar-refractivity contribution in [3.63, 3.8) is 0 Å². The van der Waals surface area contributed by atoms with Gasteiger partial charge in [-0.1, -0.05) is 195 Å². The summed E-state index contributed by atoms with van der Waals surface area (Å²) in [6, 6.07) is 39.4. The molecule has 0 amide bonds. The van der Waals surface area contributed by atoms with E-state index < -0.39 is 68.1 Å². The maximum absolute atomic E-state index is 11.1. The van der Waals surface area contributed by atoms with Crippen LogP contribution in [0.2, 0.25) is 77.6 Å². The first-order valence-corrected chi connectivity index (χ1v) is 59.9. The number of nitrogens with zero attached hydrogens (tertiary/aromatic N) is 1. The Morgan fingerprint density at radius 2 is 0.955 bits per heavy atom. The summed E-state index contributed by atoms with van der Waals surface area (Å²) in [6.07, 6.45) is 7.86. The Morgan fingerprint density at radius 3 is 1.13 bits per heavy atom. The van der Waals surface area contributed by atoms with Gasteiger partial charge in [-0.2, -0.15) is 33.4 Å². The number of non-ortho nitro benzene ring substituents is 1. The van der Waals surface area contributed by atoms with Gasteiger partial charge in [0.1, 0.15) is 5.78 Å². The van der Waals surface area contributed by atoms with Crippen LogP contribution in [-0.2, 0) is 103 Å². The van der Waals surface area contributed by atoms with Crippen LogP contribution >= 0.6 is 11.8 Å². The zero-order valence-corrected chi connectivity index (χ0v) is 97.2. The van der Waals surface area contributed by atoms with Crippen molar-refractivity contribution in [2.24, 2.45) is 5.41 Å². The first-order chi connectivity index (χ1) is 61.6. The van der Waals surface area contributed by atoms with Crippen molar-refractivity contribution in [1.82, 2.24) is 0 Å². The second-order valence-electron chi connectivity index (χ2n) is 35.6. The molecule has 5 rings (SSSR count). The number of nitro benzene ring substituents is 1. The lowest BCUT2D eigenvalue weighted by Gasteiger charge is -2.41. The van der Waals surface area contributed by atoms with E-state index >= 15 is 0 Å². The molecule has 1 saturated heterocycles. The number of carbonyl (C=O) groups is 6. The number of carbonyl (C=O) groups excluding carboxylic acids is 6. The molecule has 0 aromatic heterocycles. The van der Waals surface area contributed by atoms with E-state index in [9.17, 15) is 60.5 Å². The van der Waals surface area contributed by atoms with Crippen molar-refractivity contribution in [1.29, 1.82) is 0 Å². The number of Topliss-reactive ketones (excluding diaryl/α,β-unsaturated/α-hetero) is 1. The zero-order chi connectivity index (χ0) is 107. The number of benzene rings is 4. The van der Waals surface area contributed by atoms with Crippen LogP contribution in [0.25, 0.3) is 0 Å². The average Bonchev–Trinajstić information content (AvgIpc) is 0.749. The van der Waals surface area contributed by atoms with Crippen LogP contribution in [0, 0.1) is 15.5 Å². The predicted octanol–water partition coefficient (Wildman–Crippen LogP) is 23.4. The third-order valence-corrected chi connectivity index (χ3v) is 43.3. The molecule has 1 unspecified atom stereocenters. The minimum absolute atomic E-state index is 0.0143. The Balaban J connectivity index is -0.000000156. The van der Waals surface area contributed by atoms with Crippen LogP contribution in [-0.4, -0.2) is 246 Å². The van der Waals surface area contributed by atoms with Crippen molar-refractivity contribution in [2.45, 2.75) is 286 Å². The lowest BCUT2D eigenvalue weighted by Crippen LogP contribution is -2.66. The van der Waals surface area contributed by atoms with Gasteiger partial charge in [0, 0.05) is 102 Å². The number of esters is 5. The van der Waals surface area contributed by atoms with Gasteiger partial charge in [0.2, 0.25) is 0 Å². The molecule has 784 valence electrons. The number of ether oxygens (including phenoxy) is 10. The largest absolute Gasteiger partial charge is 0.523 e. The highest BCUT2D eigenvalue weighted by Crippen LogP contribution is 2.42. The SMILES string of the molecule is C=CCOC.CC[Si](CC)(CC)OC.COC(=O)C(C)(C)C.COC(=O)CCC(C)=O.COC(=O)c1cccc([N+](=O)[O-])c1.COC(=O)c1ccccc1.COC(C)(C)C.COC(C)=O.COC1CCCCO1.COCCSC.COS(=O)(=O)C(F)(F)F.CO[Si](C(C)C)(C(C)C)C(C)C.CO[Si](C)(C)C.CO[Si](C)(C)C(C)(C)C.CO[Si](c1ccccc1)(c1ccccc1)C(C)(C)C. The van der Waals surface area contributed by atoms with Crippen molar-refractivity contribution < 1.29 is 129 Å². The highest BCUT2D eigenvalue weighted by Gasteiger charge is 2.50. The topological polar surface area (TPSA) is 327 Å². The molecule has 1 heterocycles. The van der Waals surface area contributed by atoms with Crippen LogP contribution in [0.4, 0.5) is 18.9 Å². The first-order valence-electron chi connectivity index (χ1n) is 44.2. The van der Waals surface area contributed by atoms with Crippen LogP contribution in [0.1, 0.15) is 212 Å².